The smallest absolute Gasteiger partial charge is 0.243 e. The predicted octanol–water partition coefficient (Wildman–Crippen LogP) is 1.83. The van der Waals surface area contributed by atoms with E-state index in [2.05, 4.69) is 10.2 Å². The fraction of sp³-hybridized carbons (Fsp3) is 0.625. The molecule has 1 atom stereocenters. The number of likely N-dealkylation sites (tertiary alicyclic amines) is 1. The third-order valence-corrected chi connectivity index (χ3v) is 6.72. The van der Waals surface area contributed by atoms with Crippen LogP contribution in [0.5, 0.6) is 0 Å². The molecular weight excluding hydrogens is 372 g/mol. The van der Waals surface area contributed by atoms with E-state index in [1.165, 1.54) is 4.31 Å². The minimum Gasteiger partial charge on any atom is -0.315 e. The zero-order valence-electron chi connectivity index (χ0n) is 14.0. The van der Waals surface area contributed by atoms with Crippen LogP contribution in [0.4, 0.5) is 8.78 Å². The summed E-state index contributed by atoms with van der Waals surface area (Å²) < 4.78 is 54.1. The Morgan fingerprint density at radius 3 is 2.52 bits per heavy atom. The number of hydrogen-bond donors (Lipinski definition) is 1. The average Bonchev–Trinajstić information content (AvgIpc) is 3.23. The Morgan fingerprint density at radius 2 is 1.92 bits per heavy atom. The Bertz CT molecular complexity index is 678. The third-order valence-electron chi connectivity index (χ3n) is 4.77. The quantitative estimate of drug-likeness (QED) is 0.798. The lowest BCUT2D eigenvalue weighted by Crippen LogP contribution is -2.45. The Hall–Kier alpha value is -0.800. The summed E-state index contributed by atoms with van der Waals surface area (Å²) in [5, 5.41) is 3.17. The molecule has 2 aliphatic heterocycles. The van der Waals surface area contributed by atoms with Gasteiger partial charge in [-0.15, -0.1) is 12.4 Å². The molecule has 2 aliphatic rings. The molecule has 1 aromatic rings. The highest BCUT2D eigenvalue weighted by atomic mass is 35.5. The fourth-order valence-corrected chi connectivity index (χ4v) is 5.06. The maximum Gasteiger partial charge on any atom is 0.243 e. The van der Waals surface area contributed by atoms with E-state index in [0.29, 0.717) is 19.6 Å². The summed E-state index contributed by atoms with van der Waals surface area (Å²) in [6.45, 7) is 4.36. The van der Waals surface area contributed by atoms with E-state index in [0.717, 1.165) is 57.1 Å². The Balaban J connectivity index is 0.00000225. The molecule has 0 amide bonds. The van der Waals surface area contributed by atoms with E-state index >= 15 is 0 Å². The van der Waals surface area contributed by atoms with E-state index in [-0.39, 0.29) is 23.3 Å². The lowest BCUT2D eigenvalue weighted by Gasteiger charge is -2.29. The number of hydrogen-bond acceptors (Lipinski definition) is 4. The van der Waals surface area contributed by atoms with Gasteiger partial charge in [0.15, 0.2) is 11.6 Å². The Morgan fingerprint density at radius 1 is 1.20 bits per heavy atom. The maximum absolute atomic E-state index is 13.5. The first-order valence-corrected chi connectivity index (χ1v) is 9.82. The van der Waals surface area contributed by atoms with E-state index in [4.69, 9.17) is 0 Å². The monoisotopic (exact) mass is 395 g/mol. The van der Waals surface area contributed by atoms with Gasteiger partial charge < -0.3 is 10.2 Å². The van der Waals surface area contributed by atoms with Crippen molar-refractivity contribution in [2.75, 3.05) is 39.3 Å². The molecule has 1 unspecified atom stereocenters. The molecule has 2 heterocycles. The molecule has 0 radical (unpaired) electrons. The molecule has 2 fully saturated rings. The van der Waals surface area contributed by atoms with Crippen LogP contribution in [-0.4, -0.2) is 62.9 Å². The van der Waals surface area contributed by atoms with Crippen molar-refractivity contribution in [2.24, 2.45) is 0 Å². The van der Waals surface area contributed by atoms with Crippen molar-refractivity contribution in [2.45, 2.75) is 30.2 Å². The van der Waals surface area contributed by atoms with Gasteiger partial charge in [0.05, 0.1) is 4.90 Å². The van der Waals surface area contributed by atoms with Gasteiger partial charge in [0.2, 0.25) is 10.0 Å². The maximum atomic E-state index is 13.5. The van der Waals surface area contributed by atoms with Gasteiger partial charge in [0.1, 0.15) is 0 Å². The van der Waals surface area contributed by atoms with E-state index in [9.17, 15) is 17.2 Å². The second kappa shape index (κ2) is 8.73. The molecule has 0 aromatic heterocycles. The van der Waals surface area contributed by atoms with Crippen LogP contribution >= 0.6 is 12.4 Å². The summed E-state index contributed by atoms with van der Waals surface area (Å²) in [5.74, 6) is -2.18. The SMILES string of the molecule is Cl.O=S(=O)(c1ccc(F)c(F)c1)N(CCN1CCCC1)C1CCNC1. The van der Waals surface area contributed by atoms with Crippen LogP contribution in [0.3, 0.4) is 0 Å². The molecule has 2 saturated heterocycles. The third kappa shape index (κ3) is 4.68. The molecule has 0 aliphatic carbocycles. The van der Waals surface area contributed by atoms with Crippen LogP contribution in [0.2, 0.25) is 0 Å². The van der Waals surface area contributed by atoms with Crippen molar-refractivity contribution in [3.8, 4) is 0 Å². The van der Waals surface area contributed by atoms with Crippen LogP contribution in [-0.2, 0) is 10.0 Å². The van der Waals surface area contributed by atoms with Gasteiger partial charge in [-0.1, -0.05) is 0 Å². The van der Waals surface area contributed by atoms with Gasteiger partial charge in [-0.25, -0.2) is 17.2 Å². The van der Waals surface area contributed by atoms with Gasteiger partial charge in [-0.2, -0.15) is 4.31 Å². The van der Waals surface area contributed by atoms with Crippen molar-refractivity contribution < 1.29 is 17.2 Å². The van der Waals surface area contributed by atoms with Crippen LogP contribution in [0.25, 0.3) is 0 Å². The molecule has 3 rings (SSSR count). The summed E-state index contributed by atoms with van der Waals surface area (Å²) in [7, 11) is -3.86. The van der Waals surface area contributed by atoms with Crippen molar-refractivity contribution >= 4 is 22.4 Å². The average molecular weight is 396 g/mol. The number of sulfonamides is 1. The first-order valence-electron chi connectivity index (χ1n) is 8.38. The molecule has 5 nitrogen and oxygen atoms in total. The molecule has 142 valence electrons. The van der Waals surface area contributed by atoms with Gasteiger partial charge >= 0.3 is 0 Å². The zero-order valence-corrected chi connectivity index (χ0v) is 15.6. The topological polar surface area (TPSA) is 52.7 Å². The molecule has 0 bridgehead atoms. The van der Waals surface area contributed by atoms with E-state index < -0.39 is 21.7 Å². The minimum absolute atomic E-state index is 0. The highest BCUT2D eigenvalue weighted by molar-refractivity contribution is 7.89. The zero-order chi connectivity index (χ0) is 17.2. The van der Waals surface area contributed by atoms with E-state index in [1.807, 2.05) is 0 Å². The first-order chi connectivity index (χ1) is 11.5. The van der Waals surface area contributed by atoms with Crippen molar-refractivity contribution in [3.63, 3.8) is 0 Å². The summed E-state index contributed by atoms with van der Waals surface area (Å²) >= 11 is 0. The van der Waals surface area contributed by atoms with Crippen LogP contribution in [0.15, 0.2) is 23.1 Å². The second-order valence-corrected chi connectivity index (χ2v) is 8.28. The highest BCUT2D eigenvalue weighted by Crippen LogP contribution is 2.23. The van der Waals surface area contributed by atoms with Crippen LogP contribution < -0.4 is 5.32 Å². The fourth-order valence-electron chi connectivity index (χ4n) is 3.40. The molecule has 25 heavy (non-hydrogen) atoms. The van der Waals surface area contributed by atoms with Gasteiger partial charge in [-0.05, 0) is 57.1 Å². The van der Waals surface area contributed by atoms with Gasteiger partial charge in [-0.3, -0.25) is 0 Å². The van der Waals surface area contributed by atoms with Crippen LogP contribution in [0, 0.1) is 11.6 Å². The molecule has 9 heteroatoms. The normalized spacial score (nSPS) is 21.6. The summed E-state index contributed by atoms with van der Waals surface area (Å²) in [6.07, 6.45) is 3.00. The van der Waals surface area contributed by atoms with Crippen LogP contribution in [0.1, 0.15) is 19.3 Å². The number of benzene rings is 1. The summed E-state index contributed by atoms with van der Waals surface area (Å²) in [5.41, 5.74) is 0. The van der Waals surface area contributed by atoms with E-state index in [1.54, 1.807) is 0 Å². The minimum atomic E-state index is -3.86. The Kier molecular flexibility index (Phi) is 7.16. The highest BCUT2D eigenvalue weighted by Gasteiger charge is 2.34. The molecular formula is C16H24ClF2N3O2S. The lowest BCUT2D eigenvalue weighted by molar-refractivity contribution is 0.265. The molecule has 1 N–H and O–H groups in total. The van der Waals surface area contributed by atoms with Gasteiger partial charge in [0, 0.05) is 25.7 Å². The summed E-state index contributed by atoms with van der Waals surface area (Å²) in [4.78, 5) is 2.06. The van der Waals surface area contributed by atoms with Gasteiger partial charge in [0.25, 0.3) is 0 Å². The largest absolute Gasteiger partial charge is 0.315 e. The standard InChI is InChI=1S/C16H23F2N3O2S.ClH/c17-15-4-3-14(11-16(15)18)24(22,23)21(13-5-6-19-12-13)10-9-20-7-1-2-8-20;/h3-4,11,13,19H,1-2,5-10,12H2;1H. The van der Waals surface area contributed by atoms with Crippen molar-refractivity contribution in [1.29, 1.82) is 0 Å². The lowest BCUT2D eigenvalue weighted by atomic mass is 10.2. The summed E-state index contributed by atoms with van der Waals surface area (Å²) in [6, 6.07) is 2.63. The number of rotatable bonds is 6. The predicted molar refractivity (Wildman–Crippen MR) is 94.4 cm³/mol. The molecule has 0 saturated carbocycles. The first kappa shape index (κ1) is 20.5. The Labute approximate surface area is 153 Å². The molecule has 1 aromatic carbocycles. The van der Waals surface area contributed by atoms with Crippen molar-refractivity contribution in [1.82, 2.24) is 14.5 Å². The second-order valence-electron chi connectivity index (χ2n) is 6.39. The number of nitrogens with one attached hydrogen (secondary N) is 1. The molecule has 0 spiro atoms. The number of halogens is 3. The van der Waals surface area contributed by atoms with Crippen molar-refractivity contribution in [3.05, 3.63) is 29.8 Å². The number of nitrogens with zero attached hydrogens (tertiary/aromatic N) is 2.